The van der Waals surface area contributed by atoms with E-state index in [1.165, 1.54) is 0 Å². The van der Waals surface area contributed by atoms with Gasteiger partial charge < -0.3 is 20.5 Å². The molecule has 0 fully saturated rings. The number of nitrogens with one attached hydrogen (secondary N) is 3. The molecule has 7 nitrogen and oxygen atoms in total. The van der Waals surface area contributed by atoms with Gasteiger partial charge in [-0.15, -0.1) is 0 Å². The van der Waals surface area contributed by atoms with E-state index in [2.05, 4.69) is 55.9 Å². The molecule has 0 atom stereocenters. The fourth-order valence-electron chi connectivity index (χ4n) is 2.23. The lowest BCUT2D eigenvalue weighted by atomic mass is 10.1. The third-order valence-electron chi connectivity index (χ3n) is 3.72. The Balaban J connectivity index is 1.79. The van der Waals surface area contributed by atoms with Crippen LogP contribution in [0.5, 0.6) is 0 Å². The molecule has 0 bridgehead atoms. The van der Waals surface area contributed by atoms with Crippen LogP contribution in [0.15, 0.2) is 44.3 Å². The molecule has 0 aliphatic rings. The van der Waals surface area contributed by atoms with Crippen LogP contribution in [0, 0.1) is 0 Å². The standard InChI is InChI=1S/C19H26BrN5O2/c1-4-21-19(24-12-16-11-17(13(2)3)25-27-16)23-10-9-22-18(26)14-5-7-15(20)8-6-14/h5-8,11,13H,4,9-10,12H2,1-3H3,(H,22,26)(H2,21,23,24). The van der Waals surface area contributed by atoms with Crippen molar-refractivity contribution in [3.05, 3.63) is 51.8 Å². The monoisotopic (exact) mass is 435 g/mol. The molecule has 1 heterocycles. The molecule has 0 spiro atoms. The average Bonchev–Trinajstić information content (AvgIpc) is 3.13. The Bertz CT molecular complexity index is 756. The molecule has 27 heavy (non-hydrogen) atoms. The van der Waals surface area contributed by atoms with E-state index in [9.17, 15) is 4.79 Å². The Kier molecular flexibility index (Phi) is 8.32. The number of aromatic nitrogens is 1. The largest absolute Gasteiger partial charge is 0.359 e. The minimum Gasteiger partial charge on any atom is -0.359 e. The highest BCUT2D eigenvalue weighted by atomic mass is 79.9. The van der Waals surface area contributed by atoms with Crippen molar-refractivity contribution in [2.45, 2.75) is 33.2 Å². The molecule has 0 aliphatic carbocycles. The maximum Gasteiger partial charge on any atom is 0.251 e. The summed E-state index contributed by atoms with van der Waals surface area (Å²) in [4.78, 5) is 16.6. The lowest BCUT2D eigenvalue weighted by Crippen LogP contribution is -2.41. The van der Waals surface area contributed by atoms with Crippen molar-refractivity contribution < 1.29 is 9.32 Å². The molecule has 2 aromatic rings. The smallest absolute Gasteiger partial charge is 0.251 e. The maximum absolute atomic E-state index is 12.1. The summed E-state index contributed by atoms with van der Waals surface area (Å²) < 4.78 is 6.24. The number of amides is 1. The number of benzene rings is 1. The van der Waals surface area contributed by atoms with Crippen LogP contribution in [-0.2, 0) is 6.54 Å². The zero-order valence-electron chi connectivity index (χ0n) is 15.9. The predicted molar refractivity (Wildman–Crippen MR) is 110 cm³/mol. The zero-order valence-corrected chi connectivity index (χ0v) is 17.5. The molecular formula is C19H26BrN5O2. The molecule has 0 unspecified atom stereocenters. The fourth-order valence-corrected chi connectivity index (χ4v) is 2.50. The van der Waals surface area contributed by atoms with Gasteiger partial charge in [0.1, 0.15) is 6.54 Å². The molecule has 2 rings (SSSR count). The Morgan fingerprint density at radius 2 is 1.89 bits per heavy atom. The van der Waals surface area contributed by atoms with Crippen molar-refractivity contribution in [3.63, 3.8) is 0 Å². The molecule has 1 amide bonds. The molecule has 1 aromatic heterocycles. The zero-order chi connectivity index (χ0) is 19.6. The summed E-state index contributed by atoms with van der Waals surface area (Å²) in [6.07, 6.45) is 0. The van der Waals surface area contributed by atoms with Crippen molar-refractivity contribution in [1.82, 2.24) is 21.1 Å². The van der Waals surface area contributed by atoms with E-state index in [1.807, 2.05) is 25.1 Å². The van der Waals surface area contributed by atoms with Crippen molar-refractivity contribution in [2.24, 2.45) is 4.99 Å². The summed E-state index contributed by atoms with van der Waals surface area (Å²) in [5.41, 5.74) is 1.55. The Hall–Kier alpha value is -2.35. The van der Waals surface area contributed by atoms with Crippen LogP contribution in [0.1, 0.15) is 48.5 Å². The van der Waals surface area contributed by atoms with Crippen molar-refractivity contribution in [2.75, 3.05) is 19.6 Å². The summed E-state index contributed by atoms with van der Waals surface area (Å²) in [6.45, 7) is 8.32. The topological polar surface area (TPSA) is 91.6 Å². The van der Waals surface area contributed by atoms with E-state index >= 15 is 0 Å². The highest BCUT2D eigenvalue weighted by molar-refractivity contribution is 9.10. The van der Waals surface area contributed by atoms with E-state index in [-0.39, 0.29) is 5.91 Å². The van der Waals surface area contributed by atoms with Gasteiger partial charge in [-0.05, 0) is 37.1 Å². The highest BCUT2D eigenvalue weighted by Crippen LogP contribution is 2.14. The first-order valence-corrected chi connectivity index (χ1v) is 9.80. The second-order valence-electron chi connectivity index (χ2n) is 6.26. The van der Waals surface area contributed by atoms with Crippen LogP contribution in [0.3, 0.4) is 0 Å². The number of carbonyl (C=O) groups excluding carboxylic acids is 1. The second kappa shape index (κ2) is 10.7. The molecule has 8 heteroatoms. The van der Waals surface area contributed by atoms with Gasteiger partial charge in [-0.3, -0.25) is 4.79 Å². The van der Waals surface area contributed by atoms with Crippen molar-refractivity contribution >= 4 is 27.8 Å². The first-order valence-electron chi connectivity index (χ1n) is 9.01. The van der Waals surface area contributed by atoms with E-state index in [0.29, 0.717) is 37.1 Å². The summed E-state index contributed by atoms with van der Waals surface area (Å²) >= 11 is 3.36. The number of nitrogens with zero attached hydrogens (tertiary/aromatic N) is 2. The van der Waals surface area contributed by atoms with Crippen LogP contribution >= 0.6 is 15.9 Å². The number of rotatable bonds is 8. The van der Waals surface area contributed by atoms with Crippen LogP contribution in [0.25, 0.3) is 0 Å². The number of aliphatic imine (C=N–C) groups is 1. The van der Waals surface area contributed by atoms with Gasteiger partial charge in [0.2, 0.25) is 0 Å². The molecule has 0 saturated heterocycles. The lowest BCUT2D eigenvalue weighted by molar-refractivity contribution is 0.0954. The molecule has 146 valence electrons. The number of hydrogen-bond acceptors (Lipinski definition) is 4. The SMILES string of the molecule is CCNC(=NCc1cc(C(C)C)no1)NCCNC(=O)c1ccc(Br)cc1. The second-order valence-corrected chi connectivity index (χ2v) is 7.17. The quantitative estimate of drug-likeness (QED) is 0.336. The molecular weight excluding hydrogens is 410 g/mol. The van der Waals surface area contributed by atoms with E-state index in [0.717, 1.165) is 22.5 Å². The van der Waals surface area contributed by atoms with E-state index in [1.54, 1.807) is 12.1 Å². The number of hydrogen-bond donors (Lipinski definition) is 3. The van der Waals surface area contributed by atoms with Crippen LogP contribution in [-0.4, -0.2) is 36.7 Å². The van der Waals surface area contributed by atoms with Crippen molar-refractivity contribution in [1.29, 1.82) is 0 Å². The van der Waals surface area contributed by atoms with Gasteiger partial charge in [-0.25, -0.2) is 4.99 Å². The minimum absolute atomic E-state index is 0.103. The summed E-state index contributed by atoms with van der Waals surface area (Å²) in [6, 6.07) is 9.17. The van der Waals surface area contributed by atoms with Gasteiger partial charge in [-0.1, -0.05) is 34.9 Å². The molecule has 3 N–H and O–H groups in total. The summed E-state index contributed by atoms with van der Waals surface area (Å²) in [5.74, 6) is 1.61. The lowest BCUT2D eigenvalue weighted by Gasteiger charge is -2.11. The normalized spacial score (nSPS) is 11.5. The first-order chi connectivity index (χ1) is 13.0. The van der Waals surface area contributed by atoms with Crippen molar-refractivity contribution in [3.8, 4) is 0 Å². The van der Waals surface area contributed by atoms with Crippen LogP contribution in [0.4, 0.5) is 0 Å². The molecule has 0 radical (unpaired) electrons. The highest BCUT2D eigenvalue weighted by Gasteiger charge is 2.08. The third-order valence-corrected chi connectivity index (χ3v) is 4.24. The Morgan fingerprint density at radius 3 is 2.52 bits per heavy atom. The van der Waals surface area contributed by atoms with Gasteiger partial charge in [0.05, 0.1) is 5.69 Å². The maximum atomic E-state index is 12.1. The van der Waals surface area contributed by atoms with Crippen LogP contribution < -0.4 is 16.0 Å². The molecule has 1 aromatic carbocycles. The number of guanidine groups is 1. The third kappa shape index (κ3) is 7.05. The number of carbonyl (C=O) groups is 1. The van der Waals surface area contributed by atoms with Gasteiger partial charge in [-0.2, -0.15) is 0 Å². The predicted octanol–water partition coefficient (Wildman–Crippen LogP) is 3.05. The molecule has 0 aliphatic heterocycles. The van der Waals surface area contributed by atoms with Gasteiger partial charge in [0.15, 0.2) is 11.7 Å². The van der Waals surface area contributed by atoms with Crippen LogP contribution in [0.2, 0.25) is 0 Å². The number of halogens is 1. The molecule has 0 saturated carbocycles. The average molecular weight is 436 g/mol. The minimum atomic E-state index is -0.103. The Morgan fingerprint density at radius 1 is 1.19 bits per heavy atom. The van der Waals surface area contributed by atoms with Gasteiger partial charge in [0, 0.05) is 35.7 Å². The van der Waals surface area contributed by atoms with Gasteiger partial charge in [0.25, 0.3) is 5.91 Å². The summed E-state index contributed by atoms with van der Waals surface area (Å²) in [5, 5.41) is 13.3. The van der Waals surface area contributed by atoms with E-state index in [4.69, 9.17) is 4.52 Å². The van der Waals surface area contributed by atoms with E-state index < -0.39 is 0 Å². The first kappa shape index (κ1) is 21.0. The fraction of sp³-hybridized carbons (Fsp3) is 0.421. The Labute approximate surface area is 168 Å². The van der Waals surface area contributed by atoms with Gasteiger partial charge >= 0.3 is 0 Å². The summed E-state index contributed by atoms with van der Waals surface area (Å²) in [7, 11) is 0.